The van der Waals surface area contributed by atoms with Crippen LogP contribution in [0.4, 0.5) is 0 Å². The summed E-state index contributed by atoms with van der Waals surface area (Å²) in [5.41, 5.74) is 1.83. The van der Waals surface area contributed by atoms with Crippen LogP contribution in [0.2, 0.25) is 0 Å². The van der Waals surface area contributed by atoms with Crippen molar-refractivity contribution in [2.45, 2.75) is 26.4 Å². The molecule has 0 saturated heterocycles. The summed E-state index contributed by atoms with van der Waals surface area (Å²) >= 11 is 0. The van der Waals surface area contributed by atoms with E-state index >= 15 is 0 Å². The van der Waals surface area contributed by atoms with Gasteiger partial charge in [-0.2, -0.15) is 0 Å². The average molecular weight is 233 g/mol. The molecule has 0 fully saturated rings. The molecule has 0 radical (unpaired) electrons. The fourth-order valence-electron chi connectivity index (χ4n) is 1.52. The van der Waals surface area contributed by atoms with Crippen molar-refractivity contribution < 1.29 is 4.79 Å². The molecule has 2 aromatic rings. The van der Waals surface area contributed by atoms with Crippen LogP contribution in [0.1, 0.15) is 24.4 Å². The van der Waals surface area contributed by atoms with E-state index < -0.39 is 0 Å². The highest BCUT2D eigenvalue weighted by atomic mass is 16.2. The molecule has 0 saturated carbocycles. The van der Waals surface area contributed by atoms with E-state index in [9.17, 15) is 4.79 Å². The Morgan fingerprint density at radius 2 is 2.47 bits per heavy atom. The summed E-state index contributed by atoms with van der Waals surface area (Å²) in [7, 11) is 0. The number of amides is 1. The first kappa shape index (κ1) is 11.4. The van der Waals surface area contributed by atoms with Crippen molar-refractivity contribution in [3.05, 3.63) is 36.4 Å². The van der Waals surface area contributed by atoms with E-state index in [1.54, 1.807) is 29.6 Å². The van der Waals surface area contributed by atoms with Crippen LogP contribution < -0.4 is 5.32 Å². The third kappa shape index (κ3) is 2.52. The lowest BCUT2D eigenvalue weighted by Crippen LogP contribution is -2.30. The van der Waals surface area contributed by atoms with E-state index in [1.165, 1.54) is 0 Å². The quantitative estimate of drug-likeness (QED) is 0.819. The molecule has 2 rings (SSSR count). The average Bonchev–Trinajstić information content (AvgIpc) is 2.96. The minimum Gasteiger partial charge on any atom is -0.349 e. The summed E-state index contributed by atoms with van der Waals surface area (Å²) in [4.78, 5) is 22.9. The van der Waals surface area contributed by atoms with Gasteiger partial charge in [-0.3, -0.25) is 4.79 Å². The third-order valence-electron chi connectivity index (χ3n) is 2.72. The molecule has 2 aromatic heterocycles. The summed E-state index contributed by atoms with van der Waals surface area (Å²) in [6.07, 6.45) is 6.67. The maximum absolute atomic E-state index is 11.9. The Kier molecular flexibility index (Phi) is 3.22. The molecule has 0 spiro atoms. The van der Waals surface area contributed by atoms with Crippen molar-refractivity contribution in [3.8, 4) is 0 Å². The second-order valence-electron chi connectivity index (χ2n) is 3.88. The monoisotopic (exact) mass is 233 g/mol. The van der Waals surface area contributed by atoms with Gasteiger partial charge in [0.15, 0.2) is 0 Å². The molecule has 1 atom stereocenters. The first-order chi connectivity index (χ1) is 8.18. The van der Waals surface area contributed by atoms with E-state index in [4.69, 9.17) is 0 Å². The molecule has 6 heteroatoms. The summed E-state index contributed by atoms with van der Waals surface area (Å²) in [6.45, 7) is 4.19. The number of hydrogen-bond acceptors (Lipinski definition) is 3. The van der Waals surface area contributed by atoms with Gasteiger partial charge in [0.2, 0.25) is 5.91 Å². The highest BCUT2D eigenvalue weighted by Crippen LogP contribution is 2.05. The van der Waals surface area contributed by atoms with Crippen LogP contribution in [0, 0.1) is 6.92 Å². The van der Waals surface area contributed by atoms with E-state index in [0.717, 1.165) is 11.4 Å². The lowest BCUT2D eigenvalue weighted by molar-refractivity contribution is -0.124. The Bertz CT molecular complexity index is 488. The Morgan fingerprint density at radius 1 is 1.65 bits per heavy atom. The molecule has 0 bridgehead atoms. The molecule has 1 unspecified atom stereocenters. The fourth-order valence-corrected chi connectivity index (χ4v) is 1.52. The van der Waals surface area contributed by atoms with Gasteiger partial charge in [0.25, 0.3) is 0 Å². The Labute approximate surface area is 99.1 Å². The predicted molar refractivity (Wildman–Crippen MR) is 62.1 cm³/mol. The van der Waals surface area contributed by atoms with Crippen LogP contribution in [-0.4, -0.2) is 25.4 Å². The Morgan fingerprint density at radius 3 is 3.06 bits per heavy atom. The van der Waals surface area contributed by atoms with E-state index in [0.29, 0.717) is 6.54 Å². The Hall–Kier alpha value is -2.11. The summed E-state index contributed by atoms with van der Waals surface area (Å²) in [6, 6.07) is -0.267. The van der Waals surface area contributed by atoms with Crippen molar-refractivity contribution in [2.24, 2.45) is 0 Å². The minimum absolute atomic E-state index is 0.0506. The molecule has 0 aliphatic heterocycles. The zero-order valence-corrected chi connectivity index (χ0v) is 9.84. The predicted octanol–water partition coefficient (Wildman–Crippen LogP) is 0.792. The molecule has 0 aromatic carbocycles. The molecular formula is C11H15N5O. The second kappa shape index (κ2) is 4.82. The van der Waals surface area contributed by atoms with Gasteiger partial charge in [0.1, 0.15) is 6.04 Å². The van der Waals surface area contributed by atoms with Crippen LogP contribution in [0.25, 0.3) is 0 Å². The molecule has 2 N–H and O–H groups in total. The van der Waals surface area contributed by atoms with Gasteiger partial charge >= 0.3 is 0 Å². The van der Waals surface area contributed by atoms with E-state index in [2.05, 4.69) is 20.3 Å². The first-order valence-corrected chi connectivity index (χ1v) is 5.42. The number of nitrogens with zero attached hydrogens (tertiary/aromatic N) is 3. The van der Waals surface area contributed by atoms with Crippen molar-refractivity contribution in [2.75, 3.05) is 0 Å². The molecule has 0 aliphatic carbocycles. The minimum atomic E-state index is -0.267. The molecule has 17 heavy (non-hydrogen) atoms. The standard InChI is InChI=1S/C11H15N5O/c1-8-10(15-6-14-8)5-13-11(17)9(2)16-4-3-12-7-16/h3-4,6-7,9H,5H2,1-2H3,(H,13,17)(H,14,15). The Balaban J connectivity index is 1.92. The maximum Gasteiger partial charge on any atom is 0.243 e. The largest absolute Gasteiger partial charge is 0.349 e. The van der Waals surface area contributed by atoms with Crippen molar-refractivity contribution in [1.29, 1.82) is 0 Å². The zero-order valence-electron chi connectivity index (χ0n) is 9.84. The van der Waals surface area contributed by atoms with Crippen molar-refractivity contribution in [1.82, 2.24) is 24.8 Å². The van der Waals surface area contributed by atoms with Gasteiger partial charge in [-0.1, -0.05) is 0 Å². The molecular weight excluding hydrogens is 218 g/mol. The van der Waals surface area contributed by atoms with Crippen LogP contribution >= 0.6 is 0 Å². The zero-order chi connectivity index (χ0) is 12.3. The van der Waals surface area contributed by atoms with Crippen LogP contribution in [0.3, 0.4) is 0 Å². The number of H-pyrrole nitrogens is 1. The maximum atomic E-state index is 11.9. The number of carbonyl (C=O) groups excluding carboxylic acids is 1. The molecule has 0 aliphatic rings. The van der Waals surface area contributed by atoms with Crippen molar-refractivity contribution >= 4 is 5.91 Å². The number of carbonyl (C=O) groups is 1. The highest BCUT2D eigenvalue weighted by Gasteiger charge is 2.14. The second-order valence-corrected chi connectivity index (χ2v) is 3.88. The van der Waals surface area contributed by atoms with Crippen LogP contribution in [0.5, 0.6) is 0 Å². The summed E-state index contributed by atoms with van der Waals surface area (Å²) < 4.78 is 1.76. The molecule has 6 nitrogen and oxygen atoms in total. The molecule has 2 heterocycles. The third-order valence-corrected chi connectivity index (χ3v) is 2.72. The lowest BCUT2D eigenvalue weighted by atomic mass is 10.3. The topological polar surface area (TPSA) is 75.6 Å². The normalized spacial score (nSPS) is 12.4. The van der Waals surface area contributed by atoms with Gasteiger partial charge in [-0.05, 0) is 13.8 Å². The fraction of sp³-hybridized carbons (Fsp3) is 0.364. The van der Waals surface area contributed by atoms with Crippen molar-refractivity contribution in [3.63, 3.8) is 0 Å². The molecule has 1 amide bonds. The number of nitrogens with one attached hydrogen (secondary N) is 2. The SMILES string of the molecule is Cc1[nH]cnc1CNC(=O)C(C)n1ccnc1. The summed E-state index contributed by atoms with van der Waals surface area (Å²) in [5.74, 6) is -0.0506. The number of imidazole rings is 2. The van der Waals surface area contributed by atoms with E-state index in [-0.39, 0.29) is 11.9 Å². The number of hydrogen-bond donors (Lipinski definition) is 2. The van der Waals surface area contributed by atoms with Gasteiger partial charge in [-0.25, -0.2) is 9.97 Å². The molecule has 90 valence electrons. The van der Waals surface area contributed by atoms with E-state index in [1.807, 2.05) is 13.8 Å². The number of aromatic nitrogens is 4. The van der Waals surface area contributed by atoms with Gasteiger partial charge < -0.3 is 14.9 Å². The lowest BCUT2D eigenvalue weighted by Gasteiger charge is -2.12. The number of rotatable bonds is 4. The summed E-state index contributed by atoms with van der Waals surface area (Å²) in [5, 5.41) is 2.84. The van der Waals surface area contributed by atoms with Crippen LogP contribution in [0.15, 0.2) is 25.0 Å². The number of aryl methyl sites for hydroxylation is 1. The van der Waals surface area contributed by atoms with Gasteiger partial charge in [-0.15, -0.1) is 0 Å². The number of aromatic amines is 1. The smallest absolute Gasteiger partial charge is 0.243 e. The van der Waals surface area contributed by atoms with Gasteiger partial charge in [0.05, 0.1) is 24.9 Å². The van der Waals surface area contributed by atoms with Gasteiger partial charge in [0, 0.05) is 18.1 Å². The highest BCUT2D eigenvalue weighted by molar-refractivity contribution is 5.79. The first-order valence-electron chi connectivity index (χ1n) is 5.42. The van der Waals surface area contributed by atoms with Crippen LogP contribution in [-0.2, 0) is 11.3 Å².